The number of nitrogens with zero attached hydrogens (tertiary/aromatic N) is 2. The van der Waals surface area contributed by atoms with Gasteiger partial charge in [0.1, 0.15) is 6.54 Å². The average Bonchev–Trinajstić information content (AvgIpc) is 2.98. The summed E-state index contributed by atoms with van der Waals surface area (Å²) in [5, 5.41) is 15.9. The Morgan fingerprint density at radius 1 is 1.46 bits per heavy atom. The van der Waals surface area contributed by atoms with Crippen molar-refractivity contribution in [3.8, 4) is 0 Å². The lowest BCUT2D eigenvalue weighted by Crippen LogP contribution is -2.47. The second kappa shape index (κ2) is 11.9. The molecule has 1 aliphatic heterocycles. The van der Waals surface area contributed by atoms with Crippen molar-refractivity contribution in [1.29, 1.82) is 0 Å². The summed E-state index contributed by atoms with van der Waals surface area (Å²) in [6, 6.07) is 0.268. The minimum Gasteiger partial charge on any atom is -0.396 e. The zero-order valence-electron chi connectivity index (χ0n) is 15.3. The topological polar surface area (TPSA) is 86.2 Å². The molecule has 1 heterocycles. The molecule has 0 spiro atoms. The minimum atomic E-state index is -0.0573. The number of likely N-dealkylation sites (N-methyl/N-ethyl adjacent to an activating group) is 1. The van der Waals surface area contributed by atoms with E-state index in [-0.39, 0.29) is 54.5 Å². The Morgan fingerprint density at radius 3 is 2.67 bits per heavy atom. The number of hydrogen-bond donors (Lipinski definition) is 3. The number of rotatable bonds is 8. The molecule has 1 rings (SSSR count). The van der Waals surface area contributed by atoms with Crippen molar-refractivity contribution in [2.24, 2.45) is 10.4 Å². The van der Waals surface area contributed by atoms with Crippen LogP contribution in [0.1, 0.15) is 33.1 Å². The summed E-state index contributed by atoms with van der Waals surface area (Å²) >= 11 is 0. The van der Waals surface area contributed by atoms with Gasteiger partial charge in [0.05, 0.1) is 6.61 Å². The number of hydrogen-bond acceptors (Lipinski definition) is 4. The molecule has 1 saturated heterocycles. The standard InChI is InChI=1S/C16H32N4O3.HI/c1-5-13(2)19-15(17-10-14(22)20(3)4)18-11-16(6-8-21)7-9-23-12-16;/h13,21H,5-12H2,1-4H3,(H2,17,18,19);1H. The predicted octanol–water partition coefficient (Wildman–Crippen LogP) is 0.815. The highest BCUT2D eigenvalue weighted by atomic mass is 127. The van der Waals surface area contributed by atoms with Crippen LogP contribution in [0.5, 0.6) is 0 Å². The summed E-state index contributed by atoms with van der Waals surface area (Å²) in [6.45, 7) is 6.48. The lowest BCUT2D eigenvalue weighted by Gasteiger charge is -2.28. The maximum absolute atomic E-state index is 11.7. The van der Waals surface area contributed by atoms with Crippen LogP contribution in [-0.4, -0.2) is 74.9 Å². The number of carbonyl (C=O) groups is 1. The molecule has 1 amide bonds. The molecule has 0 aliphatic carbocycles. The highest BCUT2D eigenvalue weighted by molar-refractivity contribution is 14.0. The number of aliphatic hydroxyl groups is 1. The summed E-state index contributed by atoms with van der Waals surface area (Å²) in [6.07, 6.45) is 2.59. The Labute approximate surface area is 162 Å². The van der Waals surface area contributed by atoms with Crippen LogP contribution in [0, 0.1) is 5.41 Å². The molecule has 3 N–H and O–H groups in total. The molecule has 1 aliphatic rings. The lowest BCUT2D eigenvalue weighted by atomic mass is 9.84. The van der Waals surface area contributed by atoms with E-state index in [1.54, 1.807) is 14.1 Å². The summed E-state index contributed by atoms with van der Waals surface area (Å²) in [4.78, 5) is 17.7. The van der Waals surface area contributed by atoms with Crippen molar-refractivity contribution in [2.75, 3.05) is 47.0 Å². The average molecular weight is 456 g/mol. The van der Waals surface area contributed by atoms with Crippen molar-refractivity contribution < 1.29 is 14.6 Å². The third-order valence-corrected chi connectivity index (χ3v) is 4.32. The third kappa shape index (κ3) is 7.98. The summed E-state index contributed by atoms with van der Waals surface area (Å²) in [7, 11) is 3.44. The lowest BCUT2D eigenvalue weighted by molar-refractivity contribution is -0.127. The zero-order valence-corrected chi connectivity index (χ0v) is 17.6. The SMILES string of the molecule is CCC(C)NC(=NCC(=O)N(C)C)NCC1(CCO)CCOC1.I. The van der Waals surface area contributed by atoms with E-state index in [1.807, 2.05) is 0 Å². The summed E-state index contributed by atoms with van der Waals surface area (Å²) in [5.74, 6) is 0.600. The first-order valence-corrected chi connectivity index (χ1v) is 8.36. The smallest absolute Gasteiger partial charge is 0.243 e. The fourth-order valence-electron chi connectivity index (χ4n) is 2.36. The Morgan fingerprint density at radius 2 is 2.17 bits per heavy atom. The predicted molar refractivity (Wildman–Crippen MR) is 107 cm³/mol. The number of guanidine groups is 1. The van der Waals surface area contributed by atoms with Gasteiger partial charge in [-0.2, -0.15) is 0 Å². The first-order valence-electron chi connectivity index (χ1n) is 8.36. The molecular weight excluding hydrogens is 423 g/mol. The monoisotopic (exact) mass is 456 g/mol. The van der Waals surface area contributed by atoms with Crippen molar-refractivity contribution in [3.63, 3.8) is 0 Å². The van der Waals surface area contributed by atoms with Crippen LogP contribution >= 0.6 is 24.0 Å². The van der Waals surface area contributed by atoms with E-state index in [9.17, 15) is 9.90 Å². The largest absolute Gasteiger partial charge is 0.396 e. The van der Waals surface area contributed by atoms with Crippen molar-refractivity contribution in [3.05, 3.63) is 0 Å². The zero-order chi connectivity index (χ0) is 17.3. The summed E-state index contributed by atoms with van der Waals surface area (Å²) < 4.78 is 5.51. The maximum atomic E-state index is 11.7. The van der Waals surface area contributed by atoms with Gasteiger partial charge in [0.25, 0.3) is 0 Å². The van der Waals surface area contributed by atoms with E-state index >= 15 is 0 Å². The maximum Gasteiger partial charge on any atom is 0.243 e. The van der Waals surface area contributed by atoms with E-state index in [2.05, 4.69) is 29.5 Å². The van der Waals surface area contributed by atoms with E-state index < -0.39 is 0 Å². The third-order valence-electron chi connectivity index (χ3n) is 4.32. The molecular formula is C16H33IN4O3. The summed E-state index contributed by atoms with van der Waals surface area (Å²) in [5.41, 5.74) is -0.0573. The van der Waals surface area contributed by atoms with Gasteiger partial charge in [0, 0.05) is 45.3 Å². The van der Waals surface area contributed by atoms with Gasteiger partial charge < -0.3 is 25.4 Å². The molecule has 0 bridgehead atoms. The van der Waals surface area contributed by atoms with Crippen LogP contribution in [-0.2, 0) is 9.53 Å². The molecule has 7 nitrogen and oxygen atoms in total. The van der Waals surface area contributed by atoms with Gasteiger partial charge in [0.2, 0.25) is 5.91 Å². The van der Waals surface area contributed by atoms with Crippen LogP contribution in [0.4, 0.5) is 0 Å². The van der Waals surface area contributed by atoms with Crippen LogP contribution in [0.25, 0.3) is 0 Å². The van der Waals surface area contributed by atoms with Gasteiger partial charge in [-0.15, -0.1) is 24.0 Å². The Bertz CT molecular complexity index is 399. The molecule has 24 heavy (non-hydrogen) atoms. The highest BCUT2D eigenvalue weighted by Gasteiger charge is 2.34. The number of amides is 1. The highest BCUT2D eigenvalue weighted by Crippen LogP contribution is 2.31. The number of nitrogens with one attached hydrogen (secondary N) is 2. The minimum absolute atomic E-state index is 0. The second-order valence-corrected chi connectivity index (χ2v) is 6.54. The molecule has 0 aromatic rings. The Balaban J connectivity index is 0.00000529. The van der Waals surface area contributed by atoms with Crippen molar-refractivity contribution >= 4 is 35.8 Å². The van der Waals surface area contributed by atoms with Crippen LogP contribution in [0.15, 0.2) is 4.99 Å². The van der Waals surface area contributed by atoms with Crippen molar-refractivity contribution in [1.82, 2.24) is 15.5 Å². The van der Waals surface area contributed by atoms with Crippen LogP contribution < -0.4 is 10.6 Å². The molecule has 2 atom stereocenters. The molecule has 0 aromatic carbocycles. The molecule has 0 radical (unpaired) electrons. The molecule has 8 heteroatoms. The second-order valence-electron chi connectivity index (χ2n) is 6.54. The van der Waals surface area contributed by atoms with E-state index in [4.69, 9.17) is 4.74 Å². The fourth-order valence-corrected chi connectivity index (χ4v) is 2.36. The van der Waals surface area contributed by atoms with Crippen molar-refractivity contribution in [2.45, 2.75) is 39.2 Å². The van der Waals surface area contributed by atoms with Gasteiger partial charge in [-0.1, -0.05) is 6.92 Å². The number of aliphatic hydroxyl groups excluding tert-OH is 1. The van der Waals surface area contributed by atoms with Gasteiger partial charge >= 0.3 is 0 Å². The fraction of sp³-hybridized carbons (Fsp3) is 0.875. The van der Waals surface area contributed by atoms with Gasteiger partial charge in [0.15, 0.2) is 5.96 Å². The molecule has 0 aromatic heterocycles. The van der Waals surface area contributed by atoms with E-state index in [0.717, 1.165) is 19.4 Å². The molecule has 1 fully saturated rings. The quantitative estimate of drug-likeness (QED) is 0.286. The molecule has 2 unspecified atom stereocenters. The number of carbonyl (C=O) groups excluding carboxylic acids is 1. The number of ether oxygens (including phenoxy) is 1. The molecule has 142 valence electrons. The van der Waals surface area contributed by atoms with Gasteiger partial charge in [-0.05, 0) is 26.2 Å². The van der Waals surface area contributed by atoms with Gasteiger partial charge in [-0.25, -0.2) is 4.99 Å². The number of halogens is 1. The first kappa shape index (κ1) is 23.4. The van der Waals surface area contributed by atoms with Crippen LogP contribution in [0.2, 0.25) is 0 Å². The normalized spacial score (nSPS) is 21.8. The number of aliphatic imine (C=N–C) groups is 1. The van der Waals surface area contributed by atoms with E-state index in [1.165, 1.54) is 4.90 Å². The molecule has 0 saturated carbocycles. The van der Waals surface area contributed by atoms with Gasteiger partial charge in [-0.3, -0.25) is 4.79 Å². The first-order chi connectivity index (χ1) is 10.9. The Kier molecular flexibility index (Phi) is 11.6. The Hall–Kier alpha value is -0.610. The van der Waals surface area contributed by atoms with Crippen LogP contribution in [0.3, 0.4) is 0 Å². The van der Waals surface area contributed by atoms with E-state index in [0.29, 0.717) is 25.5 Å².